The number of para-hydroxylation sites is 1. The van der Waals surface area contributed by atoms with Crippen LogP contribution in [0.3, 0.4) is 0 Å². The summed E-state index contributed by atoms with van der Waals surface area (Å²) < 4.78 is 7.31. The number of aromatic nitrogens is 3. The third-order valence-electron chi connectivity index (χ3n) is 2.54. The maximum Gasteiger partial charge on any atom is 0.119 e. The number of hydrogen-bond donors (Lipinski definition) is 2. The van der Waals surface area contributed by atoms with E-state index in [-0.39, 0.29) is 6.04 Å². The molecule has 0 aliphatic carbocycles. The van der Waals surface area contributed by atoms with E-state index in [1.54, 1.807) is 4.68 Å². The molecule has 0 saturated carbocycles. The average molecular weight is 247 g/mol. The van der Waals surface area contributed by atoms with Crippen LogP contribution in [0.1, 0.15) is 5.69 Å². The summed E-state index contributed by atoms with van der Waals surface area (Å²) in [7, 11) is 1.84. The number of ether oxygens (including phenoxy) is 1. The molecule has 0 fully saturated rings. The summed E-state index contributed by atoms with van der Waals surface area (Å²) in [5.74, 6) is 6.34. The van der Waals surface area contributed by atoms with Gasteiger partial charge >= 0.3 is 0 Å². The molecule has 0 amide bonds. The molecule has 0 radical (unpaired) electrons. The molecule has 18 heavy (non-hydrogen) atoms. The largest absolute Gasteiger partial charge is 0.492 e. The Kier molecular flexibility index (Phi) is 4.27. The summed E-state index contributed by atoms with van der Waals surface area (Å²) in [5.41, 5.74) is 3.61. The van der Waals surface area contributed by atoms with E-state index < -0.39 is 0 Å². The van der Waals surface area contributed by atoms with Crippen LogP contribution < -0.4 is 16.0 Å². The van der Waals surface area contributed by atoms with Crippen molar-refractivity contribution in [1.29, 1.82) is 0 Å². The van der Waals surface area contributed by atoms with Crippen molar-refractivity contribution in [2.75, 3.05) is 6.61 Å². The predicted molar refractivity (Wildman–Crippen MR) is 67.8 cm³/mol. The highest BCUT2D eigenvalue weighted by atomic mass is 16.5. The van der Waals surface area contributed by atoms with Gasteiger partial charge in [0, 0.05) is 19.7 Å². The number of nitrogens with two attached hydrogens (primary N) is 1. The fraction of sp³-hybridized carbons (Fsp3) is 0.333. The Labute approximate surface area is 106 Å². The minimum absolute atomic E-state index is 0.00176. The molecule has 1 unspecified atom stereocenters. The lowest BCUT2D eigenvalue weighted by molar-refractivity contribution is 0.263. The molecule has 6 heteroatoms. The number of hydrogen-bond acceptors (Lipinski definition) is 5. The molecule has 6 nitrogen and oxygen atoms in total. The standard InChI is InChI=1S/C12H17N5O/c1-17-8-10(15-16-17)7-11(14-13)9-18-12-5-3-2-4-6-12/h2-6,8,11,14H,7,9,13H2,1H3. The Morgan fingerprint density at radius 2 is 2.17 bits per heavy atom. The third kappa shape index (κ3) is 3.54. The third-order valence-corrected chi connectivity index (χ3v) is 2.54. The number of rotatable bonds is 6. The van der Waals surface area contributed by atoms with Crippen molar-refractivity contribution in [3.63, 3.8) is 0 Å². The van der Waals surface area contributed by atoms with E-state index in [1.807, 2.05) is 43.6 Å². The number of nitrogens with one attached hydrogen (secondary N) is 1. The molecule has 96 valence electrons. The molecule has 0 aliphatic rings. The highest BCUT2D eigenvalue weighted by Gasteiger charge is 2.11. The second-order valence-electron chi connectivity index (χ2n) is 4.08. The van der Waals surface area contributed by atoms with Crippen LogP contribution in [0.15, 0.2) is 36.5 Å². The highest BCUT2D eigenvalue weighted by molar-refractivity contribution is 5.21. The molecule has 1 heterocycles. The maximum atomic E-state index is 5.64. The molecule has 0 spiro atoms. The van der Waals surface area contributed by atoms with Crippen LogP contribution >= 0.6 is 0 Å². The van der Waals surface area contributed by atoms with Crippen LogP contribution in [-0.4, -0.2) is 27.6 Å². The minimum Gasteiger partial charge on any atom is -0.492 e. The fourth-order valence-corrected chi connectivity index (χ4v) is 1.62. The first-order chi connectivity index (χ1) is 8.78. The predicted octanol–water partition coefficient (Wildman–Crippen LogP) is 0.268. The Hall–Kier alpha value is -1.92. The first-order valence-corrected chi connectivity index (χ1v) is 5.77. The van der Waals surface area contributed by atoms with Crippen molar-refractivity contribution < 1.29 is 4.74 Å². The lowest BCUT2D eigenvalue weighted by Crippen LogP contribution is -2.41. The van der Waals surface area contributed by atoms with Gasteiger partial charge in [-0.3, -0.25) is 16.0 Å². The average Bonchev–Trinajstić information content (AvgIpc) is 2.81. The molecule has 0 saturated heterocycles. The van der Waals surface area contributed by atoms with Gasteiger partial charge < -0.3 is 4.74 Å². The Bertz CT molecular complexity index is 470. The molecule has 1 atom stereocenters. The molecule has 2 rings (SSSR count). The van der Waals surface area contributed by atoms with Crippen molar-refractivity contribution in [1.82, 2.24) is 20.4 Å². The maximum absolute atomic E-state index is 5.64. The smallest absolute Gasteiger partial charge is 0.119 e. The van der Waals surface area contributed by atoms with Crippen LogP contribution in [0.25, 0.3) is 0 Å². The van der Waals surface area contributed by atoms with Gasteiger partial charge in [0.05, 0.1) is 11.7 Å². The first-order valence-electron chi connectivity index (χ1n) is 5.77. The molecule has 0 bridgehead atoms. The lowest BCUT2D eigenvalue weighted by atomic mass is 10.2. The van der Waals surface area contributed by atoms with Crippen LogP contribution in [-0.2, 0) is 13.5 Å². The van der Waals surface area contributed by atoms with Gasteiger partial charge in [0.25, 0.3) is 0 Å². The van der Waals surface area contributed by atoms with E-state index in [0.29, 0.717) is 13.0 Å². The topological polar surface area (TPSA) is 78.0 Å². The number of nitrogens with zero attached hydrogens (tertiary/aromatic N) is 3. The van der Waals surface area contributed by atoms with Gasteiger partial charge in [-0.25, -0.2) is 0 Å². The van der Waals surface area contributed by atoms with Crippen molar-refractivity contribution in [2.45, 2.75) is 12.5 Å². The zero-order valence-corrected chi connectivity index (χ0v) is 10.3. The SMILES string of the molecule is Cn1cc(CC(COc2ccccc2)NN)nn1. The van der Waals surface area contributed by atoms with Crippen molar-refractivity contribution in [3.05, 3.63) is 42.2 Å². The highest BCUT2D eigenvalue weighted by Crippen LogP contribution is 2.09. The van der Waals surface area contributed by atoms with E-state index >= 15 is 0 Å². The van der Waals surface area contributed by atoms with Gasteiger partial charge in [-0.1, -0.05) is 23.4 Å². The lowest BCUT2D eigenvalue weighted by Gasteiger charge is -2.15. The van der Waals surface area contributed by atoms with Gasteiger partial charge in [0.1, 0.15) is 12.4 Å². The van der Waals surface area contributed by atoms with E-state index in [1.165, 1.54) is 0 Å². The Balaban J connectivity index is 1.86. The summed E-state index contributed by atoms with van der Waals surface area (Å²) in [6.07, 6.45) is 2.55. The van der Waals surface area contributed by atoms with Crippen molar-refractivity contribution >= 4 is 0 Å². The second kappa shape index (κ2) is 6.13. The van der Waals surface area contributed by atoms with Crippen LogP contribution in [0.5, 0.6) is 5.75 Å². The second-order valence-corrected chi connectivity index (χ2v) is 4.08. The van der Waals surface area contributed by atoms with Gasteiger partial charge in [-0.2, -0.15) is 0 Å². The molecular weight excluding hydrogens is 230 g/mol. The molecule has 1 aromatic carbocycles. The molecule has 3 N–H and O–H groups in total. The zero-order chi connectivity index (χ0) is 12.8. The van der Waals surface area contributed by atoms with Crippen molar-refractivity contribution in [2.24, 2.45) is 12.9 Å². The van der Waals surface area contributed by atoms with Gasteiger partial charge in [0.15, 0.2) is 0 Å². The summed E-state index contributed by atoms with van der Waals surface area (Å²) in [6, 6.07) is 9.64. The Morgan fingerprint density at radius 1 is 1.39 bits per heavy atom. The zero-order valence-electron chi connectivity index (χ0n) is 10.3. The minimum atomic E-state index is 0.00176. The molecule has 0 aliphatic heterocycles. The van der Waals surface area contributed by atoms with E-state index in [0.717, 1.165) is 11.4 Å². The number of aryl methyl sites for hydroxylation is 1. The summed E-state index contributed by atoms with van der Waals surface area (Å²) in [4.78, 5) is 0. The van der Waals surface area contributed by atoms with Crippen LogP contribution in [0, 0.1) is 0 Å². The molecule has 1 aromatic heterocycles. The first kappa shape index (κ1) is 12.5. The van der Waals surface area contributed by atoms with E-state index in [2.05, 4.69) is 15.7 Å². The van der Waals surface area contributed by atoms with E-state index in [9.17, 15) is 0 Å². The molecule has 2 aromatic rings. The quantitative estimate of drug-likeness (QED) is 0.566. The fourth-order valence-electron chi connectivity index (χ4n) is 1.62. The molecular formula is C12H17N5O. The van der Waals surface area contributed by atoms with Crippen molar-refractivity contribution in [3.8, 4) is 5.75 Å². The van der Waals surface area contributed by atoms with E-state index in [4.69, 9.17) is 10.6 Å². The van der Waals surface area contributed by atoms with Crippen LogP contribution in [0.2, 0.25) is 0 Å². The summed E-state index contributed by atoms with van der Waals surface area (Å²) in [5, 5.41) is 7.90. The monoisotopic (exact) mass is 247 g/mol. The summed E-state index contributed by atoms with van der Waals surface area (Å²) in [6.45, 7) is 0.483. The number of hydrazine groups is 1. The Morgan fingerprint density at radius 3 is 2.78 bits per heavy atom. The van der Waals surface area contributed by atoms with Gasteiger partial charge in [-0.15, -0.1) is 5.10 Å². The van der Waals surface area contributed by atoms with Gasteiger partial charge in [0.2, 0.25) is 0 Å². The normalized spacial score (nSPS) is 12.3. The summed E-state index contributed by atoms with van der Waals surface area (Å²) >= 11 is 0. The van der Waals surface area contributed by atoms with Crippen LogP contribution in [0.4, 0.5) is 0 Å². The van der Waals surface area contributed by atoms with Gasteiger partial charge in [-0.05, 0) is 12.1 Å². The number of benzene rings is 1.